The lowest BCUT2D eigenvalue weighted by Gasteiger charge is -2.37. The number of benzene rings is 1. The monoisotopic (exact) mass is 302 g/mol. The van der Waals surface area contributed by atoms with Crippen LogP contribution in [0.15, 0.2) is 42.5 Å². The van der Waals surface area contributed by atoms with Crippen LogP contribution in [0.25, 0.3) is 0 Å². The third-order valence-corrected chi connectivity index (χ3v) is 3.94. The highest BCUT2D eigenvalue weighted by Gasteiger charge is 2.37. The van der Waals surface area contributed by atoms with Gasteiger partial charge in [-0.3, -0.25) is 0 Å². The standard InChI is InChI=1S/C18H22O4/c1-14(2)17(20)21-13-16(19)22-18(11-7-4-8-12-18)15-9-5-3-6-10-15/h3,5-6,9-10H,1,4,7-8,11-13H2,2H3. The van der Waals surface area contributed by atoms with Gasteiger partial charge in [-0.1, -0.05) is 43.3 Å². The maximum absolute atomic E-state index is 12.1. The van der Waals surface area contributed by atoms with Crippen molar-refractivity contribution in [2.24, 2.45) is 0 Å². The SMILES string of the molecule is C=C(C)C(=O)OCC(=O)OC1(c2ccccc2)CCCCC1. The summed E-state index contributed by atoms with van der Waals surface area (Å²) in [7, 11) is 0. The van der Waals surface area contributed by atoms with E-state index < -0.39 is 17.5 Å². The molecule has 0 aromatic heterocycles. The van der Waals surface area contributed by atoms with Crippen LogP contribution in [0.5, 0.6) is 0 Å². The molecular formula is C18H22O4. The van der Waals surface area contributed by atoms with E-state index in [-0.39, 0.29) is 12.2 Å². The molecule has 1 saturated carbocycles. The second kappa shape index (κ2) is 7.25. The van der Waals surface area contributed by atoms with Gasteiger partial charge in [-0.15, -0.1) is 0 Å². The second-order valence-electron chi connectivity index (χ2n) is 5.75. The molecule has 1 aliphatic carbocycles. The fourth-order valence-electron chi connectivity index (χ4n) is 2.81. The molecule has 22 heavy (non-hydrogen) atoms. The average molecular weight is 302 g/mol. The van der Waals surface area contributed by atoms with E-state index in [1.165, 1.54) is 0 Å². The molecule has 4 heteroatoms. The van der Waals surface area contributed by atoms with Crippen LogP contribution in [0.4, 0.5) is 0 Å². The van der Waals surface area contributed by atoms with Crippen LogP contribution in [0.2, 0.25) is 0 Å². The summed E-state index contributed by atoms with van der Waals surface area (Å²) in [6.45, 7) is 4.65. The minimum Gasteiger partial charge on any atom is -0.452 e. The van der Waals surface area contributed by atoms with Crippen molar-refractivity contribution >= 4 is 11.9 Å². The third kappa shape index (κ3) is 3.97. The molecule has 1 aromatic carbocycles. The normalized spacial score (nSPS) is 16.6. The van der Waals surface area contributed by atoms with Crippen molar-refractivity contribution in [1.29, 1.82) is 0 Å². The first-order valence-electron chi connectivity index (χ1n) is 7.63. The Morgan fingerprint density at radius 3 is 2.36 bits per heavy atom. The van der Waals surface area contributed by atoms with Crippen molar-refractivity contribution in [2.45, 2.75) is 44.6 Å². The molecule has 0 radical (unpaired) electrons. The smallest absolute Gasteiger partial charge is 0.345 e. The highest BCUT2D eigenvalue weighted by atomic mass is 16.6. The van der Waals surface area contributed by atoms with Gasteiger partial charge in [0.15, 0.2) is 6.61 Å². The molecule has 0 aliphatic heterocycles. The summed E-state index contributed by atoms with van der Waals surface area (Å²) in [5.41, 5.74) is 0.684. The van der Waals surface area contributed by atoms with Crippen molar-refractivity contribution in [3.05, 3.63) is 48.0 Å². The first-order chi connectivity index (χ1) is 10.5. The molecule has 0 bridgehead atoms. The molecule has 0 atom stereocenters. The van der Waals surface area contributed by atoms with Gasteiger partial charge in [-0.2, -0.15) is 0 Å². The Labute approximate surface area is 131 Å². The van der Waals surface area contributed by atoms with Crippen LogP contribution >= 0.6 is 0 Å². The minimum absolute atomic E-state index is 0.267. The number of hydrogen-bond donors (Lipinski definition) is 0. The number of rotatable bonds is 5. The molecule has 0 N–H and O–H groups in total. The molecule has 0 saturated heterocycles. The maximum Gasteiger partial charge on any atom is 0.345 e. The summed E-state index contributed by atoms with van der Waals surface area (Å²) < 4.78 is 10.6. The van der Waals surface area contributed by atoms with Gasteiger partial charge in [0.2, 0.25) is 0 Å². The molecule has 1 fully saturated rings. The van der Waals surface area contributed by atoms with Crippen molar-refractivity contribution in [3.8, 4) is 0 Å². The van der Waals surface area contributed by atoms with E-state index >= 15 is 0 Å². The molecular weight excluding hydrogens is 280 g/mol. The first kappa shape index (κ1) is 16.3. The Balaban J connectivity index is 2.06. The van der Waals surface area contributed by atoms with Gasteiger partial charge >= 0.3 is 11.9 Å². The van der Waals surface area contributed by atoms with Crippen molar-refractivity contribution < 1.29 is 19.1 Å². The second-order valence-corrected chi connectivity index (χ2v) is 5.75. The van der Waals surface area contributed by atoms with Crippen LogP contribution < -0.4 is 0 Å². The Kier molecular flexibility index (Phi) is 5.36. The fraction of sp³-hybridized carbons (Fsp3) is 0.444. The zero-order chi connectivity index (χ0) is 16.0. The van der Waals surface area contributed by atoms with Gasteiger partial charge < -0.3 is 9.47 Å². The van der Waals surface area contributed by atoms with Crippen LogP contribution in [-0.2, 0) is 24.7 Å². The van der Waals surface area contributed by atoms with E-state index in [1.807, 2.05) is 30.3 Å². The summed E-state index contributed by atoms with van der Waals surface area (Å²) in [4.78, 5) is 23.4. The molecule has 118 valence electrons. The Hall–Kier alpha value is -2.10. The summed E-state index contributed by atoms with van der Waals surface area (Å²) in [5, 5.41) is 0. The zero-order valence-corrected chi connectivity index (χ0v) is 13.0. The summed E-state index contributed by atoms with van der Waals surface area (Å²) in [6, 6.07) is 9.80. The first-order valence-corrected chi connectivity index (χ1v) is 7.63. The average Bonchev–Trinajstić information content (AvgIpc) is 2.54. The van der Waals surface area contributed by atoms with E-state index in [4.69, 9.17) is 9.47 Å². The van der Waals surface area contributed by atoms with Crippen molar-refractivity contribution in [3.63, 3.8) is 0 Å². The lowest BCUT2D eigenvalue weighted by atomic mass is 9.79. The van der Waals surface area contributed by atoms with E-state index in [1.54, 1.807) is 6.92 Å². The number of carbonyl (C=O) groups is 2. The van der Waals surface area contributed by atoms with Crippen LogP contribution in [0.3, 0.4) is 0 Å². The molecule has 0 spiro atoms. The summed E-state index contributed by atoms with van der Waals surface area (Å²) in [6.07, 6.45) is 4.80. The largest absolute Gasteiger partial charge is 0.452 e. The molecule has 2 rings (SSSR count). The summed E-state index contributed by atoms with van der Waals surface area (Å²) >= 11 is 0. The third-order valence-electron chi connectivity index (χ3n) is 3.94. The minimum atomic E-state index is -0.591. The van der Waals surface area contributed by atoms with Gasteiger partial charge in [0, 0.05) is 5.57 Å². The Morgan fingerprint density at radius 1 is 1.14 bits per heavy atom. The predicted molar refractivity (Wildman–Crippen MR) is 83.1 cm³/mol. The van der Waals surface area contributed by atoms with Crippen LogP contribution in [0.1, 0.15) is 44.6 Å². The van der Waals surface area contributed by atoms with E-state index in [0.717, 1.165) is 37.7 Å². The van der Waals surface area contributed by atoms with Crippen LogP contribution in [0, 0.1) is 0 Å². The Morgan fingerprint density at radius 2 is 1.77 bits per heavy atom. The molecule has 4 nitrogen and oxygen atoms in total. The van der Waals surface area contributed by atoms with Gasteiger partial charge in [-0.25, -0.2) is 9.59 Å². The lowest BCUT2D eigenvalue weighted by Crippen LogP contribution is -2.36. The van der Waals surface area contributed by atoms with E-state index in [2.05, 4.69) is 6.58 Å². The van der Waals surface area contributed by atoms with Crippen molar-refractivity contribution in [2.75, 3.05) is 6.61 Å². The quantitative estimate of drug-likeness (QED) is 0.617. The lowest BCUT2D eigenvalue weighted by molar-refractivity contribution is -0.173. The molecule has 0 amide bonds. The van der Waals surface area contributed by atoms with Gasteiger partial charge in [-0.05, 0) is 38.2 Å². The van der Waals surface area contributed by atoms with Gasteiger partial charge in [0.05, 0.1) is 0 Å². The molecule has 0 unspecified atom stereocenters. The van der Waals surface area contributed by atoms with Crippen LogP contribution in [-0.4, -0.2) is 18.5 Å². The number of esters is 2. The Bertz CT molecular complexity index is 541. The predicted octanol–water partition coefficient (Wildman–Crippen LogP) is 3.51. The molecule has 1 aliphatic rings. The highest BCUT2D eigenvalue weighted by Crippen LogP contribution is 2.40. The fourth-order valence-corrected chi connectivity index (χ4v) is 2.81. The maximum atomic E-state index is 12.1. The number of carbonyl (C=O) groups excluding carboxylic acids is 2. The highest BCUT2D eigenvalue weighted by molar-refractivity contribution is 5.88. The molecule has 0 heterocycles. The number of ether oxygens (including phenoxy) is 2. The van der Waals surface area contributed by atoms with E-state index in [0.29, 0.717) is 0 Å². The zero-order valence-electron chi connectivity index (χ0n) is 13.0. The van der Waals surface area contributed by atoms with Gasteiger partial charge in [0.25, 0.3) is 0 Å². The number of hydrogen-bond acceptors (Lipinski definition) is 4. The topological polar surface area (TPSA) is 52.6 Å². The van der Waals surface area contributed by atoms with Gasteiger partial charge in [0.1, 0.15) is 5.60 Å². The van der Waals surface area contributed by atoms with E-state index in [9.17, 15) is 9.59 Å². The van der Waals surface area contributed by atoms with Crippen molar-refractivity contribution in [1.82, 2.24) is 0 Å². The summed E-state index contributed by atoms with van der Waals surface area (Å²) in [5.74, 6) is -1.09. The molecule has 1 aromatic rings.